The number of hydrogen-bond donors (Lipinski definition) is 4. The third-order valence-electron chi connectivity index (χ3n) is 11.4. The summed E-state index contributed by atoms with van der Waals surface area (Å²) < 4.78 is 0. The number of rotatable bonds is 28. The lowest BCUT2D eigenvalue weighted by molar-refractivity contribution is -0.150. The molecule has 0 aliphatic rings. The van der Waals surface area contributed by atoms with Gasteiger partial charge in [-0.1, -0.05) is 93.5 Å². The number of nitrogens with zero attached hydrogens (tertiary/aromatic N) is 5. The van der Waals surface area contributed by atoms with Gasteiger partial charge in [0.2, 0.25) is 29.5 Å². The van der Waals surface area contributed by atoms with Crippen LogP contribution < -0.4 is 16.4 Å². The van der Waals surface area contributed by atoms with Gasteiger partial charge in [0.15, 0.2) is 0 Å². The predicted molar refractivity (Wildman–Crippen MR) is 249 cm³/mol. The number of carbonyl (C=O) groups excluding carboxylic acids is 7. The molecule has 0 radical (unpaired) electrons. The quantitative estimate of drug-likeness (QED) is 0.0662. The highest BCUT2D eigenvalue weighted by Gasteiger charge is 2.41. The summed E-state index contributed by atoms with van der Waals surface area (Å²) in [5, 5.41) is 16.6. The molecule has 0 unspecified atom stereocenters. The van der Waals surface area contributed by atoms with E-state index in [2.05, 4.69) is 36.0 Å². The number of nitrogens with one attached hydrogen (secondary N) is 2. The zero-order valence-corrected chi connectivity index (χ0v) is 41.3. The topological polar surface area (TPSA) is 206 Å². The van der Waals surface area contributed by atoms with Crippen LogP contribution in [0, 0.1) is 23.7 Å². The lowest BCUT2D eigenvalue weighted by Crippen LogP contribution is -2.62. The Hall–Kier alpha value is -3.96. The highest BCUT2D eigenvalue weighted by Crippen LogP contribution is 2.22. The number of thioether (sulfide) groups is 1. The molecular weight excluding hydrogens is 813 g/mol. The molecule has 0 aromatic heterocycles. The van der Waals surface area contributed by atoms with Gasteiger partial charge in [-0.3, -0.25) is 34.1 Å². The van der Waals surface area contributed by atoms with Crippen LogP contribution in [-0.4, -0.2) is 167 Å². The number of imide groups is 1. The Labute approximate surface area is 377 Å². The number of allylic oxidation sites excluding steroid dienone is 2. The van der Waals surface area contributed by atoms with Crippen LogP contribution in [0.25, 0.3) is 0 Å². The van der Waals surface area contributed by atoms with E-state index in [4.69, 9.17) is 5.73 Å². The third kappa shape index (κ3) is 18.0. The van der Waals surface area contributed by atoms with Crippen molar-refractivity contribution >= 4 is 53.2 Å². The van der Waals surface area contributed by atoms with Gasteiger partial charge in [-0.25, -0.2) is 4.79 Å². The monoisotopic (exact) mass is 895 g/mol. The van der Waals surface area contributed by atoms with Crippen molar-refractivity contribution in [1.82, 2.24) is 35.1 Å². The molecule has 8 amide bonds. The zero-order valence-electron chi connectivity index (χ0n) is 40.5. The Balaban J connectivity index is 6.81. The summed E-state index contributed by atoms with van der Waals surface area (Å²) in [6.45, 7) is 26.9. The fraction of sp³-hybridized carbons (Fsp3) is 0.756. The molecule has 16 nitrogen and oxygen atoms in total. The van der Waals surface area contributed by atoms with Crippen LogP contribution >= 0.6 is 11.8 Å². The lowest BCUT2D eigenvalue weighted by atomic mass is 9.92. The Kier molecular flexibility index (Phi) is 26.8. The molecule has 5 N–H and O–H groups in total. The van der Waals surface area contributed by atoms with Crippen molar-refractivity contribution in [2.24, 2.45) is 29.4 Å². The number of aliphatic hydroxyl groups excluding tert-OH is 1. The molecule has 0 aromatic rings. The van der Waals surface area contributed by atoms with Crippen molar-refractivity contribution < 1.29 is 38.7 Å². The van der Waals surface area contributed by atoms with E-state index in [-0.39, 0.29) is 42.8 Å². The molecule has 0 spiro atoms. The molecule has 356 valence electrons. The largest absolute Gasteiger partial charge is 0.390 e. The fourth-order valence-electron chi connectivity index (χ4n) is 6.90. The number of hydrogen-bond acceptors (Lipinski definition) is 10. The van der Waals surface area contributed by atoms with Crippen LogP contribution in [-0.2, 0) is 28.8 Å². The van der Waals surface area contributed by atoms with E-state index in [1.54, 1.807) is 27.7 Å². The number of urea groups is 1. The Bertz CT molecular complexity index is 1520. The number of amides is 8. The molecular formula is C45H82N8O8S. The highest BCUT2D eigenvalue weighted by molar-refractivity contribution is 7.99. The number of aliphatic hydroxyl groups is 1. The lowest BCUT2D eigenvalue weighted by Gasteiger charge is -2.38. The minimum Gasteiger partial charge on any atom is -0.390 e. The van der Waals surface area contributed by atoms with Crippen LogP contribution in [0.15, 0.2) is 24.3 Å². The van der Waals surface area contributed by atoms with Crippen molar-refractivity contribution in [3.63, 3.8) is 0 Å². The molecule has 0 aromatic carbocycles. The van der Waals surface area contributed by atoms with Crippen LogP contribution in [0.3, 0.4) is 0 Å². The maximum atomic E-state index is 14.6. The van der Waals surface area contributed by atoms with Crippen LogP contribution in [0.2, 0.25) is 0 Å². The Morgan fingerprint density at radius 1 is 0.774 bits per heavy atom. The second-order valence-electron chi connectivity index (χ2n) is 17.3. The van der Waals surface area contributed by atoms with E-state index in [1.807, 2.05) is 46.8 Å². The SMILES string of the molecule is C=C(C[C@H](C(N)=O)N(C)C(=O)NC(=O)[C@H](C(C)C)N(C)C(=O)[C@@H](CSCCN(CC)CC)N(C)C(=O)[C@H](CC)NC(=O)[C@H]([C@H](O)[C@H](C)C/C=C/C)N(C)C(=O)CC(C)C)C(C)C. The summed E-state index contributed by atoms with van der Waals surface area (Å²) >= 11 is 1.47. The Morgan fingerprint density at radius 3 is 1.82 bits per heavy atom. The van der Waals surface area contributed by atoms with E-state index in [9.17, 15) is 38.7 Å². The first-order valence-corrected chi connectivity index (χ1v) is 23.2. The van der Waals surface area contributed by atoms with E-state index in [0.29, 0.717) is 17.7 Å². The maximum Gasteiger partial charge on any atom is 0.324 e. The summed E-state index contributed by atoms with van der Waals surface area (Å²) in [5.41, 5.74) is 6.34. The minimum absolute atomic E-state index is 0.000165. The van der Waals surface area contributed by atoms with Gasteiger partial charge in [-0.05, 0) is 62.9 Å². The zero-order chi connectivity index (χ0) is 48.2. The van der Waals surface area contributed by atoms with Gasteiger partial charge in [0, 0.05) is 52.7 Å². The van der Waals surface area contributed by atoms with Gasteiger partial charge in [0.1, 0.15) is 30.2 Å². The molecule has 17 heteroatoms. The van der Waals surface area contributed by atoms with E-state index < -0.39 is 83.7 Å². The molecule has 0 rings (SSSR count). The maximum absolute atomic E-state index is 14.6. The van der Waals surface area contributed by atoms with Gasteiger partial charge in [0.05, 0.1) is 6.10 Å². The normalized spacial score (nSPS) is 15.1. The van der Waals surface area contributed by atoms with Crippen molar-refractivity contribution in [1.29, 1.82) is 0 Å². The molecule has 0 fully saturated rings. The molecule has 0 saturated heterocycles. The molecule has 7 atom stereocenters. The molecule has 0 bridgehead atoms. The highest BCUT2D eigenvalue weighted by atomic mass is 32.2. The van der Waals surface area contributed by atoms with Crippen molar-refractivity contribution in [2.75, 3.05) is 59.3 Å². The number of likely N-dealkylation sites (N-methyl/N-ethyl adjacent to an activating group) is 4. The minimum atomic E-state index is -1.30. The summed E-state index contributed by atoms with van der Waals surface area (Å²) in [7, 11) is 5.74. The number of nitrogens with two attached hydrogens (primary N) is 1. The molecule has 62 heavy (non-hydrogen) atoms. The van der Waals surface area contributed by atoms with Gasteiger partial charge >= 0.3 is 6.03 Å². The predicted octanol–water partition coefficient (Wildman–Crippen LogP) is 3.73. The van der Waals surface area contributed by atoms with Crippen molar-refractivity contribution in [3.8, 4) is 0 Å². The van der Waals surface area contributed by atoms with Crippen molar-refractivity contribution in [3.05, 3.63) is 24.3 Å². The second-order valence-corrected chi connectivity index (χ2v) is 18.5. The van der Waals surface area contributed by atoms with Crippen LogP contribution in [0.1, 0.15) is 102 Å². The van der Waals surface area contributed by atoms with E-state index in [0.717, 1.165) is 24.5 Å². The van der Waals surface area contributed by atoms with Gasteiger partial charge < -0.3 is 40.7 Å². The standard InChI is InChI=1S/C45H82N8O8S/c1-17-21-22-31(11)39(55)38(51(15)36(54)25-28(5)6)42(58)47-33(18-2)43(59)49(13)35(27-62-24-23-53(19-3)20-4)44(60)52(16)37(30(9)10)41(57)48-45(61)50(14)34(40(46)56)26-32(12)29(7)8/h17,21,28-31,33-35,37-39,55H,12,18-20,22-27H2,1-11,13-16H3,(H2,46,56)(H,47,58)(H,48,57,61)/b21-17+/t31-,33+,34-,35-,37+,38+,39-/m1/s1. The summed E-state index contributed by atoms with van der Waals surface area (Å²) in [6.07, 6.45) is 3.30. The average molecular weight is 895 g/mol. The smallest absolute Gasteiger partial charge is 0.324 e. The van der Waals surface area contributed by atoms with Crippen molar-refractivity contribution in [2.45, 2.75) is 138 Å². The Morgan fingerprint density at radius 2 is 1.35 bits per heavy atom. The van der Waals surface area contributed by atoms with Crippen LogP contribution in [0.5, 0.6) is 0 Å². The second kappa shape index (κ2) is 28.7. The molecule has 0 aliphatic heterocycles. The summed E-state index contributed by atoms with van der Waals surface area (Å²) in [4.78, 5) is 103. The molecule has 0 aliphatic carbocycles. The first-order valence-electron chi connectivity index (χ1n) is 22.1. The summed E-state index contributed by atoms with van der Waals surface area (Å²) in [5.74, 6) is -3.81. The van der Waals surface area contributed by atoms with Gasteiger partial charge in [-0.2, -0.15) is 11.8 Å². The van der Waals surface area contributed by atoms with E-state index >= 15 is 0 Å². The fourth-order valence-corrected chi connectivity index (χ4v) is 8.04. The number of carbonyl (C=O) groups is 7. The van der Waals surface area contributed by atoms with Gasteiger partial charge in [-0.15, -0.1) is 0 Å². The first-order chi connectivity index (χ1) is 28.8. The van der Waals surface area contributed by atoms with Crippen LogP contribution in [0.4, 0.5) is 4.79 Å². The number of primary amides is 1. The van der Waals surface area contributed by atoms with Gasteiger partial charge in [0.25, 0.3) is 5.91 Å². The third-order valence-corrected chi connectivity index (χ3v) is 12.5. The summed E-state index contributed by atoms with van der Waals surface area (Å²) in [6, 6.07) is -6.66. The molecule has 0 heterocycles. The first kappa shape index (κ1) is 58.0. The van der Waals surface area contributed by atoms with E-state index in [1.165, 1.54) is 54.7 Å². The molecule has 0 saturated carbocycles. The average Bonchev–Trinajstić information content (AvgIpc) is 3.20.